The molecule has 0 saturated heterocycles. The van der Waals surface area contributed by atoms with E-state index in [-0.39, 0.29) is 5.69 Å². The van der Waals surface area contributed by atoms with Crippen LogP contribution in [0.15, 0.2) is 54.6 Å². The van der Waals surface area contributed by atoms with Gasteiger partial charge in [-0.15, -0.1) is 0 Å². The predicted molar refractivity (Wildman–Crippen MR) is 107 cm³/mol. The molecule has 0 fully saturated rings. The average Bonchev–Trinajstić information content (AvgIpc) is 3.00. The zero-order valence-corrected chi connectivity index (χ0v) is 15.9. The number of carbonyl (C=O) groups excluding carboxylic acids is 1. The van der Waals surface area contributed by atoms with Gasteiger partial charge in [0.1, 0.15) is 11.6 Å². The number of aryl methyl sites for hydroxylation is 2. The van der Waals surface area contributed by atoms with Gasteiger partial charge in [0, 0.05) is 11.8 Å². The lowest BCUT2D eigenvalue weighted by Crippen LogP contribution is -2.14. The molecule has 0 saturated carbocycles. The van der Waals surface area contributed by atoms with Gasteiger partial charge in [-0.25, -0.2) is 18.4 Å². The van der Waals surface area contributed by atoms with Gasteiger partial charge in [0.2, 0.25) is 0 Å². The van der Waals surface area contributed by atoms with Crippen molar-refractivity contribution in [1.82, 2.24) is 14.8 Å². The van der Waals surface area contributed by atoms with Crippen molar-refractivity contribution >= 4 is 22.6 Å². The molecule has 146 valence electrons. The molecule has 2 aromatic heterocycles. The molecule has 5 nitrogen and oxygen atoms in total. The van der Waals surface area contributed by atoms with Crippen molar-refractivity contribution < 1.29 is 13.6 Å². The van der Waals surface area contributed by atoms with Gasteiger partial charge in [0.25, 0.3) is 5.91 Å². The van der Waals surface area contributed by atoms with Crippen molar-refractivity contribution in [2.75, 3.05) is 5.32 Å². The average molecular weight is 392 g/mol. The number of fused-ring (bicyclic) bond motifs is 1. The van der Waals surface area contributed by atoms with E-state index >= 15 is 0 Å². The third-order valence-electron chi connectivity index (χ3n) is 4.60. The summed E-state index contributed by atoms with van der Waals surface area (Å²) in [7, 11) is 0. The molecular formula is C22H18F2N4O. The van der Waals surface area contributed by atoms with Gasteiger partial charge in [-0.2, -0.15) is 5.10 Å². The van der Waals surface area contributed by atoms with Crippen molar-refractivity contribution in [2.45, 2.75) is 20.4 Å². The van der Waals surface area contributed by atoms with Crippen LogP contribution in [0.1, 0.15) is 27.3 Å². The number of carbonyl (C=O) groups is 1. The normalized spacial score (nSPS) is 11.0. The van der Waals surface area contributed by atoms with Crippen LogP contribution < -0.4 is 5.32 Å². The molecule has 7 heteroatoms. The van der Waals surface area contributed by atoms with Crippen molar-refractivity contribution in [3.63, 3.8) is 0 Å². The molecule has 2 heterocycles. The van der Waals surface area contributed by atoms with E-state index in [1.54, 1.807) is 24.6 Å². The topological polar surface area (TPSA) is 59.8 Å². The van der Waals surface area contributed by atoms with Crippen LogP contribution in [-0.2, 0) is 6.54 Å². The van der Waals surface area contributed by atoms with Gasteiger partial charge >= 0.3 is 0 Å². The minimum absolute atomic E-state index is 0.216. The van der Waals surface area contributed by atoms with Crippen molar-refractivity contribution in [2.24, 2.45) is 0 Å². The second kappa shape index (κ2) is 7.43. The Labute approximate surface area is 166 Å². The fourth-order valence-corrected chi connectivity index (χ4v) is 3.31. The predicted octanol–water partition coefficient (Wildman–Crippen LogP) is 4.63. The van der Waals surface area contributed by atoms with E-state index in [1.807, 2.05) is 30.3 Å². The van der Waals surface area contributed by atoms with E-state index in [0.29, 0.717) is 34.5 Å². The zero-order chi connectivity index (χ0) is 20.5. The molecule has 0 atom stereocenters. The van der Waals surface area contributed by atoms with Gasteiger partial charge in [-0.3, -0.25) is 4.79 Å². The maximum Gasteiger partial charge on any atom is 0.256 e. The highest BCUT2D eigenvalue weighted by Gasteiger charge is 2.20. The maximum atomic E-state index is 14.0. The fraction of sp³-hybridized carbons (Fsp3) is 0.136. The molecule has 0 aliphatic carbocycles. The van der Waals surface area contributed by atoms with Crippen LogP contribution in [0.4, 0.5) is 14.5 Å². The number of pyridine rings is 1. The zero-order valence-electron chi connectivity index (χ0n) is 15.9. The van der Waals surface area contributed by atoms with E-state index in [4.69, 9.17) is 0 Å². The van der Waals surface area contributed by atoms with Gasteiger partial charge < -0.3 is 5.32 Å². The van der Waals surface area contributed by atoms with Crippen LogP contribution in [0.3, 0.4) is 0 Å². The van der Waals surface area contributed by atoms with Crippen molar-refractivity contribution in [1.29, 1.82) is 0 Å². The van der Waals surface area contributed by atoms with Gasteiger partial charge in [-0.1, -0.05) is 30.3 Å². The summed E-state index contributed by atoms with van der Waals surface area (Å²) in [4.78, 5) is 17.5. The lowest BCUT2D eigenvalue weighted by molar-refractivity contribution is 0.102. The quantitative estimate of drug-likeness (QED) is 0.551. The number of amides is 1. The van der Waals surface area contributed by atoms with Crippen molar-refractivity contribution in [3.05, 3.63) is 88.7 Å². The molecule has 29 heavy (non-hydrogen) atoms. The minimum Gasteiger partial charge on any atom is -0.319 e. The number of hydrogen-bond donors (Lipinski definition) is 1. The fourth-order valence-electron chi connectivity index (χ4n) is 3.31. The number of nitrogens with one attached hydrogen (secondary N) is 1. The van der Waals surface area contributed by atoms with Crippen molar-refractivity contribution in [3.8, 4) is 0 Å². The highest BCUT2D eigenvalue weighted by molar-refractivity contribution is 6.12. The number of aromatic nitrogens is 3. The molecule has 0 bridgehead atoms. The monoisotopic (exact) mass is 392 g/mol. The Bertz CT molecular complexity index is 1220. The molecule has 0 aliphatic rings. The molecule has 0 aliphatic heterocycles. The Hall–Kier alpha value is -3.61. The lowest BCUT2D eigenvalue weighted by atomic mass is 10.1. The highest BCUT2D eigenvalue weighted by atomic mass is 19.1. The maximum absolute atomic E-state index is 14.0. The number of halogens is 2. The van der Waals surface area contributed by atoms with E-state index in [1.165, 1.54) is 0 Å². The largest absolute Gasteiger partial charge is 0.319 e. The van der Waals surface area contributed by atoms with Crippen LogP contribution in [0, 0.1) is 25.5 Å². The lowest BCUT2D eigenvalue weighted by Gasteiger charge is -2.09. The highest BCUT2D eigenvalue weighted by Crippen LogP contribution is 2.25. The second-order valence-electron chi connectivity index (χ2n) is 6.82. The Morgan fingerprint density at radius 1 is 1.07 bits per heavy atom. The number of hydrogen-bond acceptors (Lipinski definition) is 3. The van der Waals surface area contributed by atoms with E-state index < -0.39 is 17.5 Å². The van der Waals surface area contributed by atoms with Crippen LogP contribution in [0.25, 0.3) is 11.0 Å². The van der Waals surface area contributed by atoms with Gasteiger partial charge in [0.05, 0.1) is 28.9 Å². The van der Waals surface area contributed by atoms with Crippen LogP contribution in [0.5, 0.6) is 0 Å². The SMILES string of the molecule is Cc1cc(C(=O)Nc2cc(F)ccc2F)c2c(C)nn(Cc3ccccc3)c2n1. The Kier molecular flexibility index (Phi) is 4.80. The summed E-state index contributed by atoms with van der Waals surface area (Å²) in [6, 6.07) is 14.3. The Morgan fingerprint density at radius 2 is 1.83 bits per heavy atom. The van der Waals surface area contributed by atoms with Crippen LogP contribution in [0.2, 0.25) is 0 Å². The summed E-state index contributed by atoms with van der Waals surface area (Å²) in [6.45, 7) is 4.07. The van der Waals surface area contributed by atoms with E-state index in [0.717, 1.165) is 23.8 Å². The third-order valence-corrected chi connectivity index (χ3v) is 4.60. The van der Waals surface area contributed by atoms with E-state index in [2.05, 4.69) is 15.4 Å². The molecule has 4 rings (SSSR count). The summed E-state index contributed by atoms with van der Waals surface area (Å²) < 4.78 is 29.1. The summed E-state index contributed by atoms with van der Waals surface area (Å²) in [5, 5.41) is 7.59. The summed E-state index contributed by atoms with van der Waals surface area (Å²) in [5.41, 5.74) is 2.97. The number of nitrogens with zero attached hydrogens (tertiary/aromatic N) is 3. The molecular weight excluding hydrogens is 374 g/mol. The number of benzene rings is 2. The first-order chi connectivity index (χ1) is 13.9. The first kappa shape index (κ1) is 18.7. The standard InChI is InChI=1S/C22H18F2N4O/c1-13-10-17(22(29)26-19-11-16(23)8-9-18(19)24)20-14(2)27-28(21(20)25-13)12-15-6-4-3-5-7-15/h3-11H,12H2,1-2H3,(H,26,29). The van der Waals surface area contributed by atoms with Gasteiger partial charge in [-0.05, 0) is 37.6 Å². The first-order valence-electron chi connectivity index (χ1n) is 9.07. The molecule has 1 N–H and O–H groups in total. The van der Waals surface area contributed by atoms with E-state index in [9.17, 15) is 13.6 Å². The molecule has 0 unspecified atom stereocenters. The molecule has 1 amide bonds. The smallest absolute Gasteiger partial charge is 0.256 e. The second-order valence-corrected chi connectivity index (χ2v) is 6.82. The summed E-state index contributed by atoms with van der Waals surface area (Å²) >= 11 is 0. The Balaban J connectivity index is 1.77. The summed E-state index contributed by atoms with van der Waals surface area (Å²) in [6.07, 6.45) is 0. The Morgan fingerprint density at radius 3 is 2.59 bits per heavy atom. The number of anilines is 1. The summed E-state index contributed by atoms with van der Waals surface area (Å²) in [5.74, 6) is -1.89. The third kappa shape index (κ3) is 3.71. The van der Waals surface area contributed by atoms with Gasteiger partial charge in [0.15, 0.2) is 5.65 Å². The van der Waals surface area contributed by atoms with Crippen LogP contribution in [-0.4, -0.2) is 20.7 Å². The minimum atomic E-state index is -0.710. The molecule has 4 aromatic rings. The molecule has 2 aromatic carbocycles. The molecule has 0 radical (unpaired) electrons. The van der Waals surface area contributed by atoms with Crippen LogP contribution >= 0.6 is 0 Å². The number of rotatable bonds is 4. The molecule has 0 spiro atoms. The first-order valence-corrected chi connectivity index (χ1v) is 9.07.